The van der Waals surface area contributed by atoms with Crippen LogP contribution in [0.25, 0.3) is 0 Å². The van der Waals surface area contributed by atoms with Crippen molar-refractivity contribution in [3.8, 4) is 0 Å². The molecular weight excluding hydrogens is 284 g/mol. The topological polar surface area (TPSA) is 24.9 Å². The SMILES string of the molecule is C[C@H](NCc1csc(Br)c1)c1ccccn1. The largest absolute Gasteiger partial charge is 0.305 e. The van der Waals surface area contributed by atoms with Crippen molar-refractivity contribution in [2.45, 2.75) is 19.5 Å². The molecule has 1 N–H and O–H groups in total. The van der Waals surface area contributed by atoms with E-state index in [2.05, 4.69) is 44.6 Å². The lowest BCUT2D eigenvalue weighted by atomic mass is 10.2. The summed E-state index contributed by atoms with van der Waals surface area (Å²) in [6.07, 6.45) is 1.83. The molecule has 4 heteroatoms. The number of pyridine rings is 1. The molecule has 0 spiro atoms. The summed E-state index contributed by atoms with van der Waals surface area (Å²) in [5, 5.41) is 5.61. The summed E-state index contributed by atoms with van der Waals surface area (Å²) >= 11 is 5.18. The van der Waals surface area contributed by atoms with Crippen LogP contribution in [0.5, 0.6) is 0 Å². The van der Waals surface area contributed by atoms with E-state index in [0.717, 1.165) is 12.2 Å². The maximum atomic E-state index is 4.33. The summed E-state index contributed by atoms with van der Waals surface area (Å²) in [5.74, 6) is 0. The van der Waals surface area contributed by atoms with Gasteiger partial charge < -0.3 is 5.32 Å². The molecule has 0 aliphatic rings. The highest BCUT2D eigenvalue weighted by Crippen LogP contribution is 2.21. The van der Waals surface area contributed by atoms with Gasteiger partial charge in [-0.1, -0.05) is 6.07 Å². The van der Waals surface area contributed by atoms with E-state index in [4.69, 9.17) is 0 Å². The Kier molecular flexibility index (Phi) is 4.09. The fourth-order valence-electron chi connectivity index (χ4n) is 1.45. The van der Waals surface area contributed by atoms with Gasteiger partial charge in [0.2, 0.25) is 0 Å². The molecule has 0 radical (unpaired) electrons. The van der Waals surface area contributed by atoms with E-state index in [0.29, 0.717) is 0 Å². The van der Waals surface area contributed by atoms with Crippen molar-refractivity contribution < 1.29 is 0 Å². The Morgan fingerprint density at radius 2 is 2.38 bits per heavy atom. The number of nitrogens with zero attached hydrogens (tertiary/aromatic N) is 1. The Balaban J connectivity index is 1.91. The van der Waals surface area contributed by atoms with Crippen LogP contribution in [0.4, 0.5) is 0 Å². The Bertz CT molecular complexity index is 441. The summed E-state index contributed by atoms with van der Waals surface area (Å²) in [6, 6.07) is 8.41. The van der Waals surface area contributed by atoms with Crippen LogP contribution in [0.15, 0.2) is 39.6 Å². The summed E-state index contributed by atoms with van der Waals surface area (Å²) in [6.45, 7) is 3.00. The number of halogens is 1. The third-order valence-electron chi connectivity index (χ3n) is 2.37. The lowest BCUT2D eigenvalue weighted by Crippen LogP contribution is -2.18. The second-order valence-electron chi connectivity index (χ2n) is 3.62. The van der Waals surface area contributed by atoms with Crippen LogP contribution in [0.2, 0.25) is 0 Å². The fraction of sp³-hybridized carbons (Fsp3) is 0.250. The molecule has 16 heavy (non-hydrogen) atoms. The standard InChI is InChI=1S/C12H13BrN2S/c1-9(11-4-2-3-5-14-11)15-7-10-6-12(13)16-8-10/h2-6,8-9,15H,7H2,1H3/t9-/m0/s1. The van der Waals surface area contributed by atoms with Crippen molar-refractivity contribution in [2.75, 3.05) is 0 Å². The van der Waals surface area contributed by atoms with Gasteiger partial charge in [-0.05, 0) is 52.0 Å². The van der Waals surface area contributed by atoms with Gasteiger partial charge >= 0.3 is 0 Å². The third-order valence-corrected chi connectivity index (χ3v) is 3.92. The molecule has 2 rings (SSSR count). The Labute approximate surface area is 108 Å². The number of thiophene rings is 1. The molecule has 2 aromatic rings. The number of hydrogen-bond acceptors (Lipinski definition) is 3. The monoisotopic (exact) mass is 296 g/mol. The van der Waals surface area contributed by atoms with Gasteiger partial charge in [-0.25, -0.2) is 0 Å². The first kappa shape index (κ1) is 11.8. The van der Waals surface area contributed by atoms with Crippen LogP contribution in [0, 0.1) is 0 Å². The van der Waals surface area contributed by atoms with Gasteiger partial charge in [0.25, 0.3) is 0 Å². The molecule has 0 aromatic carbocycles. The lowest BCUT2D eigenvalue weighted by molar-refractivity contribution is 0.562. The molecule has 0 bridgehead atoms. The smallest absolute Gasteiger partial charge is 0.0701 e. The zero-order chi connectivity index (χ0) is 11.4. The average molecular weight is 297 g/mol. The van der Waals surface area contributed by atoms with Gasteiger partial charge in [-0.3, -0.25) is 4.98 Å². The predicted octanol–water partition coefficient (Wildman–Crippen LogP) is 3.76. The van der Waals surface area contributed by atoms with Crippen molar-refractivity contribution in [3.05, 3.63) is 50.9 Å². The van der Waals surface area contributed by atoms with E-state index in [1.807, 2.05) is 24.4 Å². The van der Waals surface area contributed by atoms with Gasteiger partial charge in [0.05, 0.1) is 9.48 Å². The molecule has 0 fully saturated rings. The van der Waals surface area contributed by atoms with Gasteiger partial charge in [0, 0.05) is 18.8 Å². The van der Waals surface area contributed by atoms with Crippen molar-refractivity contribution in [1.82, 2.24) is 10.3 Å². The van der Waals surface area contributed by atoms with E-state index in [-0.39, 0.29) is 6.04 Å². The normalized spacial score (nSPS) is 12.6. The second-order valence-corrected chi connectivity index (χ2v) is 5.91. The molecule has 2 heterocycles. The van der Waals surface area contributed by atoms with Crippen LogP contribution >= 0.6 is 27.3 Å². The van der Waals surface area contributed by atoms with Crippen LogP contribution in [-0.2, 0) is 6.54 Å². The Morgan fingerprint density at radius 3 is 3.00 bits per heavy atom. The zero-order valence-electron chi connectivity index (χ0n) is 8.98. The summed E-state index contributed by atoms with van der Waals surface area (Å²) < 4.78 is 1.18. The molecule has 0 unspecified atom stereocenters. The van der Waals surface area contributed by atoms with Crippen LogP contribution < -0.4 is 5.32 Å². The molecule has 84 valence electrons. The molecule has 0 amide bonds. The first-order chi connectivity index (χ1) is 7.75. The number of nitrogens with one attached hydrogen (secondary N) is 1. The number of rotatable bonds is 4. The number of hydrogen-bond donors (Lipinski definition) is 1. The minimum atomic E-state index is 0.278. The molecule has 1 atom stereocenters. The first-order valence-electron chi connectivity index (χ1n) is 5.13. The summed E-state index contributed by atoms with van der Waals surface area (Å²) in [5.41, 5.74) is 2.39. The highest BCUT2D eigenvalue weighted by Gasteiger charge is 2.05. The lowest BCUT2D eigenvalue weighted by Gasteiger charge is -2.12. The highest BCUT2D eigenvalue weighted by molar-refractivity contribution is 9.11. The van der Waals surface area contributed by atoms with E-state index >= 15 is 0 Å². The van der Waals surface area contributed by atoms with Gasteiger partial charge in [0.1, 0.15) is 0 Å². The highest BCUT2D eigenvalue weighted by atomic mass is 79.9. The van der Waals surface area contributed by atoms with Gasteiger partial charge in [-0.15, -0.1) is 11.3 Å². The van der Waals surface area contributed by atoms with Crippen molar-refractivity contribution in [3.63, 3.8) is 0 Å². The average Bonchev–Trinajstić information content (AvgIpc) is 2.73. The maximum absolute atomic E-state index is 4.33. The van der Waals surface area contributed by atoms with Crippen LogP contribution in [-0.4, -0.2) is 4.98 Å². The van der Waals surface area contributed by atoms with Crippen molar-refractivity contribution >= 4 is 27.3 Å². The molecule has 0 saturated carbocycles. The maximum Gasteiger partial charge on any atom is 0.0701 e. The Hall–Kier alpha value is -0.710. The second kappa shape index (κ2) is 5.57. The molecule has 0 aliphatic carbocycles. The minimum Gasteiger partial charge on any atom is -0.305 e. The Morgan fingerprint density at radius 1 is 1.50 bits per heavy atom. The van der Waals surface area contributed by atoms with E-state index in [1.165, 1.54) is 9.35 Å². The molecular formula is C12H13BrN2S. The van der Waals surface area contributed by atoms with E-state index in [9.17, 15) is 0 Å². The third kappa shape index (κ3) is 3.14. The molecule has 0 aliphatic heterocycles. The van der Waals surface area contributed by atoms with Crippen LogP contribution in [0.1, 0.15) is 24.2 Å². The fourth-order valence-corrected chi connectivity index (χ4v) is 2.66. The van der Waals surface area contributed by atoms with Crippen molar-refractivity contribution in [1.29, 1.82) is 0 Å². The molecule has 2 nitrogen and oxygen atoms in total. The minimum absolute atomic E-state index is 0.278. The zero-order valence-corrected chi connectivity index (χ0v) is 11.4. The van der Waals surface area contributed by atoms with Crippen molar-refractivity contribution in [2.24, 2.45) is 0 Å². The summed E-state index contributed by atoms with van der Waals surface area (Å²) in [4.78, 5) is 4.33. The van der Waals surface area contributed by atoms with E-state index in [1.54, 1.807) is 11.3 Å². The van der Waals surface area contributed by atoms with Crippen LogP contribution in [0.3, 0.4) is 0 Å². The summed E-state index contributed by atoms with van der Waals surface area (Å²) in [7, 11) is 0. The first-order valence-corrected chi connectivity index (χ1v) is 6.80. The van der Waals surface area contributed by atoms with Gasteiger partial charge in [0.15, 0.2) is 0 Å². The molecule has 0 saturated heterocycles. The molecule has 2 aromatic heterocycles. The van der Waals surface area contributed by atoms with E-state index < -0.39 is 0 Å². The van der Waals surface area contributed by atoms with Gasteiger partial charge in [-0.2, -0.15) is 0 Å². The number of aromatic nitrogens is 1. The quantitative estimate of drug-likeness (QED) is 0.929. The predicted molar refractivity (Wildman–Crippen MR) is 71.5 cm³/mol.